The maximum atomic E-state index is 5.95. The van der Waals surface area contributed by atoms with Gasteiger partial charge in [0, 0.05) is 23.1 Å². The minimum absolute atomic E-state index is 0.355. The van der Waals surface area contributed by atoms with E-state index in [0.717, 1.165) is 12.6 Å². The van der Waals surface area contributed by atoms with E-state index in [1.54, 1.807) is 0 Å². The van der Waals surface area contributed by atoms with Crippen LogP contribution >= 0.6 is 15.9 Å². The predicted octanol–water partition coefficient (Wildman–Crippen LogP) is 2.93. The Morgan fingerprint density at radius 3 is 2.62 bits per heavy atom. The van der Waals surface area contributed by atoms with Crippen LogP contribution in [0.15, 0.2) is 28.7 Å². The van der Waals surface area contributed by atoms with E-state index < -0.39 is 0 Å². The van der Waals surface area contributed by atoms with Gasteiger partial charge in [-0.3, -0.25) is 4.90 Å². The van der Waals surface area contributed by atoms with Gasteiger partial charge < -0.3 is 5.73 Å². The molecule has 0 saturated heterocycles. The lowest BCUT2D eigenvalue weighted by atomic mass is 10.1. The highest BCUT2D eigenvalue weighted by Crippen LogP contribution is 2.35. The molecule has 1 aliphatic rings. The number of halogens is 1. The molecule has 88 valence electrons. The molecule has 1 aromatic rings. The van der Waals surface area contributed by atoms with Gasteiger partial charge in [0.1, 0.15) is 0 Å². The van der Waals surface area contributed by atoms with Crippen molar-refractivity contribution in [2.24, 2.45) is 5.73 Å². The van der Waals surface area contributed by atoms with Crippen LogP contribution in [-0.2, 0) is 0 Å². The van der Waals surface area contributed by atoms with Crippen LogP contribution in [0.4, 0.5) is 0 Å². The lowest BCUT2D eigenvalue weighted by Crippen LogP contribution is -2.35. The van der Waals surface area contributed by atoms with E-state index in [0.29, 0.717) is 12.6 Å². The summed E-state index contributed by atoms with van der Waals surface area (Å²) in [6.07, 6.45) is 2.66. The summed E-state index contributed by atoms with van der Waals surface area (Å²) < 4.78 is 1.17. The van der Waals surface area contributed by atoms with Gasteiger partial charge in [-0.25, -0.2) is 0 Å². The Morgan fingerprint density at radius 2 is 2.12 bits per heavy atom. The standard InChI is InChI=1S/C13H19BrN2/c1-2-16(10-7-8-10)13(9-15)11-5-3-4-6-12(11)14/h3-6,10,13H,2,7-9,15H2,1H3. The van der Waals surface area contributed by atoms with E-state index in [-0.39, 0.29) is 0 Å². The summed E-state index contributed by atoms with van der Waals surface area (Å²) in [4.78, 5) is 2.53. The highest BCUT2D eigenvalue weighted by molar-refractivity contribution is 9.10. The first-order valence-electron chi connectivity index (χ1n) is 5.98. The van der Waals surface area contributed by atoms with E-state index in [2.05, 4.69) is 52.0 Å². The van der Waals surface area contributed by atoms with Crippen LogP contribution in [0, 0.1) is 0 Å². The molecule has 0 radical (unpaired) electrons. The summed E-state index contributed by atoms with van der Waals surface area (Å²) in [5.41, 5.74) is 7.27. The SMILES string of the molecule is CCN(C1CC1)C(CN)c1ccccc1Br. The smallest absolute Gasteiger partial charge is 0.0484 e. The van der Waals surface area contributed by atoms with Crippen molar-refractivity contribution in [3.63, 3.8) is 0 Å². The zero-order valence-corrected chi connectivity index (χ0v) is 11.3. The normalized spacial score (nSPS) is 17.8. The number of nitrogens with zero attached hydrogens (tertiary/aromatic N) is 1. The molecule has 2 nitrogen and oxygen atoms in total. The van der Waals surface area contributed by atoms with Gasteiger partial charge >= 0.3 is 0 Å². The summed E-state index contributed by atoms with van der Waals surface area (Å²) in [6.45, 7) is 3.98. The van der Waals surface area contributed by atoms with Gasteiger partial charge in [-0.1, -0.05) is 41.1 Å². The van der Waals surface area contributed by atoms with Crippen molar-refractivity contribution in [1.82, 2.24) is 4.90 Å². The summed E-state index contributed by atoms with van der Waals surface area (Å²) in [6, 6.07) is 9.52. The van der Waals surface area contributed by atoms with Gasteiger partial charge in [-0.2, -0.15) is 0 Å². The predicted molar refractivity (Wildman–Crippen MR) is 71.3 cm³/mol. The fraction of sp³-hybridized carbons (Fsp3) is 0.538. The third-order valence-corrected chi connectivity index (χ3v) is 3.99. The number of likely N-dealkylation sites (N-methyl/N-ethyl adjacent to an activating group) is 1. The Hall–Kier alpha value is -0.380. The molecule has 1 aliphatic carbocycles. The highest BCUT2D eigenvalue weighted by Gasteiger charge is 2.33. The summed E-state index contributed by atoms with van der Waals surface area (Å²) in [7, 11) is 0. The monoisotopic (exact) mass is 282 g/mol. The zero-order valence-electron chi connectivity index (χ0n) is 9.70. The molecule has 1 fully saturated rings. The Balaban J connectivity index is 2.23. The van der Waals surface area contributed by atoms with Gasteiger partial charge in [0.2, 0.25) is 0 Å². The summed E-state index contributed by atoms with van der Waals surface area (Å²) in [5, 5.41) is 0. The first kappa shape index (κ1) is 12.1. The first-order valence-corrected chi connectivity index (χ1v) is 6.77. The fourth-order valence-electron chi connectivity index (χ4n) is 2.33. The molecule has 1 aromatic carbocycles. The number of rotatable bonds is 5. The van der Waals surface area contributed by atoms with Gasteiger partial charge in [-0.15, -0.1) is 0 Å². The molecule has 2 rings (SSSR count). The van der Waals surface area contributed by atoms with Gasteiger partial charge in [0.05, 0.1) is 0 Å². The Morgan fingerprint density at radius 1 is 1.44 bits per heavy atom. The van der Waals surface area contributed by atoms with Gasteiger partial charge in [0.25, 0.3) is 0 Å². The molecule has 1 atom stereocenters. The average Bonchev–Trinajstić information content (AvgIpc) is 3.11. The van der Waals surface area contributed by atoms with Crippen molar-refractivity contribution in [1.29, 1.82) is 0 Å². The maximum absolute atomic E-state index is 5.95. The molecule has 0 bridgehead atoms. The zero-order chi connectivity index (χ0) is 11.5. The van der Waals surface area contributed by atoms with Crippen molar-refractivity contribution in [3.8, 4) is 0 Å². The maximum Gasteiger partial charge on any atom is 0.0484 e. The van der Waals surface area contributed by atoms with Crippen LogP contribution in [0.3, 0.4) is 0 Å². The average molecular weight is 283 g/mol. The highest BCUT2D eigenvalue weighted by atomic mass is 79.9. The minimum atomic E-state index is 0.355. The third-order valence-electron chi connectivity index (χ3n) is 3.27. The van der Waals surface area contributed by atoms with Crippen molar-refractivity contribution in [2.75, 3.05) is 13.1 Å². The van der Waals surface area contributed by atoms with Crippen LogP contribution in [0.1, 0.15) is 31.4 Å². The van der Waals surface area contributed by atoms with E-state index in [9.17, 15) is 0 Å². The van der Waals surface area contributed by atoms with E-state index in [1.165, 1.54) is 22.9 Å². The second-order valence-corrected chi connectivity index (χ2v) is 5.19. The Bertz CT molecular complexity index is 350. The number of benzene rings is 1. The summed E-state index contributed by atoms with van der Waals surface area (Å²) in [5.74, 6) is 0. The molecule has 2 N–H and O–H groups in total. The molecule has 0 aromatic heterocycles. The van der Waals surface area contributed by atoms with E-state index in [1.807, 2.05) is 0 Å². The molecule has 16 heavy (non-hydrogen) atoms. The molecular formula is C13H19BrN2. The van der Waals surface area contributed by atoms with Crippen LogP contribution < -0.4 is 5.73 Å². The number of hydrogen-bond acceptors (Lipinski definition) is 2. The van der Waals surface area contributed by atoms with Crippen molar-refractivity contribution in [3.05, 3.63) is 34.3 Å². The molecule has 0 heterocycles. The van der Waals surface area contributed by atoms with Crippen molar-refractivity contribution < 1.29 is 0 Å². The van der Waals surface area contributed by atoms with Crippen LogP contribution in [0.2, 0.25) is 0 Å². The third kappa shape index (κ3) is 2.47. The second-order valence-electron chi connectivity index (χ2n) is 4.33. The van der Waals surface area contributed by atoms with Crippen LogP contribution in [-0.4, -0.2) is 24.0 Å². The van der Waals surface area contributed by atoms with Crippen LogP contribution in [0.25, 0.3) is 0 Å². The number of nitrogens with two attached hydrogens (primary N) is 1. The fourth-order valence-corrected chi connectivity index (χ4v) is 2.87. The molecule has 0 aliphatic heterocycles. The quantitative estimate of drug-likeness (QED) is 0.900. The van der Waals surface area contributed by atoms with E-state index >= 15 is 0 Å². The Labute approximate surface area is 106 Å². The summed E-state index contributed by atoms with van der Waals surface area (Å²) >= 11 is 3.62. The van der Waals surface area contributed by atoms with Gasteiger partial charge in [-0.05, 0) is 31.0 Å². The molecular weight excluding hydrogens is 264 g/mol. The second kappa shape index (κ2) is 5.30. The molecule has 0 spiro atoms. The first-order chi connectivity index (χ1) is 7.77. The van der Waals surface area contributed by atoms with Gasteiger partial charge in [0.15, 0.2) is 0 Å². The topological polar surface area (TPSA) is 29.3 Å². The molecule has 1 unspecified atom stereocenters. The number of hydrogen-bond donors (Lipinski definition) is 1. The lowest BCUT2D eigenvalue weighted by molar-refractivity contribution is 0.201. The van der Waals surface area contributed by atoms with Crippen molar-refractivity contribution in [2.45, 2.75) is 31.8 Å². The lowest BCUT2D eigenvalue weighted by Gasteiger charge is -2.30. The minimum Gasteiger partial charge on any atom is -0.329 e. The van der Waals surface area contributed by atoms with E-state index in [4.69, 9.17) is 5.73 Å². The molecule has 0 amide bonds. The Kier molecular flexibility index (Phi) is 4.00. The van der Waals surface area contributed by atoms with Crippen molar-refractivity contribution >= 4 is 15.9 Å². The molecule has 3 heteroatoms. The molecule has 1 saturated carbocycles. The van der Waals surface area contributed by atoms with Crippen LogP contribution in [0.5, 0.6) is 0 Å². The largest absolute Gasteiger partial charge is 0.329 e.